The second-order valence-corrected chi connectivity index (χ2v) is 5.63. The Morgan fingerprint density at radius 2 is 1.53 bits per heavy atom. The summed E-state index contributed by atoms with van der Waals surface area (Å²) in [4.78, 5) is 0. The van der Waals surface area contributed by atoms with Gasteiger partial charge in [0.2, 0.25) is 0 Å². The molecule has 0 spiro atoms. The second kappa shape index (κ2) is 6.42. The summed E-state index contributed by atoms with van der Waals surface area (Å²) >= 11 is 12.4. The quantitative estimate of drug-likeness (QED) is 0.855. The summed E-state index contributed by atoms with van der Waals surface area (Å²) in [7, 11) is 0. The molecule has 0 fully saturated rings. The van der Waals surface area contributed by atoms with E-state index in [4.69, 9.17) is 28.9 Å². The van der Waals surface area contributed by atoms with Crippen LogP contribution in [0.3, 0.4) is 0 Å². The van der Waals surface area contributed by atoms with Crippen LogP contribution in [0.5, 0.6) is 0 Å². The lowest BCUT2D eigenvalue weighted by molar-refractivity contribution is 0.468. The largest absolute Gasteiger partial charge is 0.324 e. The summed E-state index contributed by atoms with van der Waals surface area (Å²) in [6.07, 6.45) is 0.772. The molecule has 2 aromatic carbocycles. The zero-order chi connectivity index (χ0) is 13.8. The van der Waals surface area contributed by atoms with E-state index in [1.165, 1.54) is 0 Å². The Morgan fingerprint density at radius 3 is 2.11 bits per heavy atom. The van der Waals surface area contributed by atoms with Crippen LogP contribution in [0.15, 0.2) is 48.5 Å². The van der Waals surface area contributed by atoms with Crippen molar-refractivity contribution in [2.45, 2.75) is 19.4 Å². The average molecular weight is 294 g/mol. The fourth-order valence-corrected chi connectivity index (χ4v) is 2.73. The van der Waals surface area contributed by atoms with Crippen LogP contribution in [0.1, 0.15) is 24.1 Å². The van der Waals surface area contributed by atoms with Crippen molar-refractivity contribution in [3.05, 3.63) is 69.7 Å². The molecule has 1 nitrogen and oxygen atoms in total. The molecule has 0 bridgehead atoms. The third kappa shape index (κ3) is 3.50. The minimum Gasteiger partial charge on any atom is -0.324 e. The van der Waals surface area contributed by atoms with Gasteiger partial charge in [0.05, 0.1) is 0 Å². The van der Waals surface area contributed by atoms with Crippen molar-refractivity contribution in [1.29, 1.82) is 0 Å². The van der Waals surface area contributed by atoms with E-state index in [-0.39, 0.29) is 12.0 Å². The molecule has 0 aliphatic rings. The highest BCUT2D eigenvalue weighted by atomic mass is 35.5. The van der Waals surface area contributed by atoms with E-state index < -0.39 is 0 Å². The predicted molar refractivity (Wildman–Crippen MR) is 82.7 cm³/mol. The number of hydrogen-bond donors (Lipinski definition) is 1. The van der Waals surface area contributed by atoms with Crippen molar-refractivity contribution in [2.24, 2.45) is 11.7 Å². The monoisotopic (exact) mass is 293 g/mol. The van der Waals surface area contributed by atoms with Gasteiger partial charge in [0.25, 0.3) is 0 Å². The highest BCUT2D eigenvalue weighted by Gasteiger charge is 2.17. The van der Waals surface area contributed by atoms with Crippen LogP contribution >= 0.6 is 23.2 Å². The van der Waals surface area contributed by atoms with Gasteiger partial charge in [-0.2, -0.15) is 0 Å². The number of nitrogens with two attached hydrogens (primary N) is 1. The van der Waals surface area contributed by atoms with Gasteiger partial charge in [-0.05, 0) is 35.6 Å². The zero-order valence-corrected chi connectivity index (χ0v) is 12.3. The summed E-state index contributed by atoms with van der Waals surface area (Å²) in [5.41, 5.74) is 8.41. The Kier molecular flexibility index (Phi) is 4.87. The first kappa shape index (κ1) is 14.4. The third-order valence-electron chi connectivity index (χ3n) is 3.39. The third-order valence-corrected chi connectivity index (χ3v) is 4.09. The maximum atomic E-state index is 6.30. The lowest BCUT2D eigenvalue weighted by Gasteiger charge is -2.21. The highest BCUT2D eigenvalue weighted by molar-refractivity contribution is 6.35. The first-order chi connectivity index (χ1) is 9.09. The topological polar surface area (TPSA) is 26.0 Å². The van der Waals surface area contributed by atoms with Crippen LogP contribution in [0.2, 0.25) is 10.0 Å². The van der Waals surface area contributed by atoms with E-state index in [2.05, 4.69) is 19.1 Å². The van der Waals surface area contributed by atoms with Gasteiger partial charge in [-0.25, -0.2) is 0 Å². The number of hydrogen-bond acceptors (Lipinski definition) is 1. The lowest BCUT2D eigenvalue weighted by atomic mass is 9.90. The van der Waals surface area contributed by atoms with Crippen molar-refractivity contribution in [2.75, 3.05) is 0 Å². The van der Waals surface area contributed by atoms with Gasteiger partial charge in [-0.3, -0.25) is 0 Å². The number of rotatable bonds is 4. The molecule has 0 aliphatic heterocycles. The van der Waals surface area contributed by atoms with Crippen LogP contribution < -0.4 is 5.73 Å². The van der Waals surface area contributed by atoms with Gasteiger partial charge >= 0.3 is 0 Å². The summed E-state index contributed by atoms with van der Waals surface area (Å²) in [5, 5.41) is 1.42. The van der Waals surface area contributed by atoms with Crippen LogP contribution in [-0.2, 0) is 6.42 Å². The Morgan fingerprint density at radius 1 is 0.947 bits per heavy atom. The Hall–Kier alpha value is -1.02. The Bertz CT molecular complexity index is 519. The van der Waals surface area contributed by atoms with E-state index in [1.54, 1.807) is 0 Å². The molecule has 0 saturated carbocycles. The van der Waals surface area contributed by atoms with Gasteiger partial charge in [-0.15, -0.1) is 0 Å². The molecule has 3 heteroatoms. The van der Waals surface area contributed by atoms with Crippen LogP contribution in [0.25, 0.3) is 0 Å². The standard InChI is InChI=1S/C16H17Cl2N/c1-11(16(19)12-6-3-2-4-7-12)10-13-14(17)8-5-9-15(13)18/h2-9,11,16H,10,19H2,1H3. The smallest absolute Gasteiger partial charge is 0.0452 e. The highest BCUT2D eigenvalue weighted by Crippen LogP contribution is 2.30. The molecule has 0 radical (unpaired) electrons. The first-order valence-electron chi connectivity index (χ1n) is 6.33. The molecule has 2 aromatic rings. The van der Waals surface area contributed by atoms with Crippen molar-refractivity contribution in [3.63, 3.8) is 0 Å². The fraction of sp³-hybridized carbons (Fsp3) is 0.250. The number of halogens is 2. The zero-order valence-electron chi connectivity index (χ0n) is 10.8. The Balaban J connectivity index is 2.15. The summed E-state index contributed by atoms with van der Waals surface area (Å²) in [6.45, 7) is 2.12. The molecule has 0 aromatic heterocycles. The van der Waals surface area contributed by atoms with Crippen molar-refractivity contribution < 1.29 is 0 Å². The average Bonchev–Trinajstić information content (AvgIpc) is 2.43. The predicted octanol–water partition coefficient (Wildman–Crippen LogP) is 4.87. The molecule has 2 N–H and O–H groups in total. The van der Waals surface area contributed by atoms with E-state index >= 15 is 0 Å². The van der Waals surface area contributed by atoms with E-state index in [0.717, 1.165) is 17.5 Å². The van der Waals surface area contributed by atoms with Gasteiger partial charge in [0, 0.05) is 16.1 Å². The van der Waals surface area contributed by atoms with Crippen LogP contribution in [0.4, 0.5) is 0 Å². The fourth-order valence-electron chi connectivity index (χ4n) is 2.18. The maximum Gasteiger partial charge on any atom is 0.0452 e. The van der Waals surface area contributed by atoms with Gasteiger partial charge in [-0.1, -0.05) is 66.5 Å². The minimum atomic E-state index is -0.0199. The molecule has 0 amide bonds. The molecule has 19 heavy (non-hydrogen) atoms. The molecule has 2 unspecified atom stereocenters. The van der Waals surface area contributed by atoms with E-state index in [1.807, 2.05) is 36.4 Å². The molecular formula is C16H17Cl2N. The SMILES string of the molecule is CC(Cc1c(Cl)cccc1Cl)C(N)c1ccccc1. The molecular weight excluding hydrogens is 277 g/mol. The molecule has 0 aliphatic carbocycles. The molecule has 2 rings (SSSR count). The van der Waals surface area contributed by atoms with Crippen molar-refractivity contribution in [3.8, 4) is 0 Å². The van der Waals surface area contributed by atoms with Crippen molar-refractivity contribution in [1.82, 2.24) is 0 Å². The second-order valence-electron chi connectivity index (χ2n) is 4.82. The molecule has 0 heterocycles. The molecule has 100 valence electrons. The summed E-state index contributed by atoms with van der Waals surface area (Å²) < 4.78 is 0. The summed E-state index contributed by atoms with van der Waals surface area (Å²) in [5.74, 6) is 0.264. The van der Waals surface area contributed by atoms with E-state index in [9.17, 15) is 0 Å². The Labute approximate surface area is 124 Å². The van der Waals surface area contributed by atoms with E-state index in [0.29, 0.717) is 10.0 Å². The van der Waals surface area contributed by atoms with Gasteiger partial charge < -0.3 is 5.73 Å². The minimum absolute atomic E-state index is 0.0199. The normalized spacial score (nSPS) is 14.1. The van der Waals surface area contributed by atoms with Gasteiger partial charge in [0.1, 0.15) is 0 Å². The molecule has 2 atom stereocenters. The summed E-state index contributed by atoms with van der Waals surface area (Å²) in [6, 6.07) is 15.7. The van der Waals surface area contributed by atoms with Crippen LogP contribution in [0, 0.1) is 5.92 Å². The molecule has 0 saturated heterocycles. The van der Waals surface area contributed by atoms with Crippen molar-refractivity contribution >= 4 is 23.2 Å². The number of benzene rings is 2. The van der Waals surface area contributed by atoms with Gasteiger partial charge in [0.15, 0.2) is 0 Å². The first-order valence-corrected chi connectivity index (χ1v) is 7.08. The van der Waals surface area contributed by atoms with Crippen LogP contribution in [-0.4, -0.2) is 0 Å². The maximum absolute atomic E-state index is 6.30. The lowest BCUT2D eigenvalue weighted by Crippen LogP contribution is -2.21.